The number of hydrogen-bond donors (Lipinski definition) is 2. The molecule has 0 aliphatic heterocycles. The van der Waals surface area contributed by atoms with Crippen LogP contribution in [0.15, 0.2) is 71.6 Å². The van der Waals surface area contributed by atoms with Crippen molar-refractivity contribution in [1.82, 2.24) is 10.2 Å². The number of benzene rings is 3. The molecule has 29 heavy (non-hydrogen) atoms. The van der Waals surface area contributed by atoms with Gasteiger partial charge in [-0.2, -0.15) is 5.10 Å². The van der Waals surface area contributed by atoms with E-state index in [4.69, 9.17) is 4.74 Å². The van der Waals surface area contributed by atoms with Crippen molar-refractivity contribution in [3.63, 3.8) is 0 Å². The molecule has 0 radical (unpaired) electrons. The van der Waals surface area contributed by atoms with Gasteiger partial charge in [0.05, 0.1) is 19.0 Å². The third-order valence-corrected chi connectivity index (χ3v) is 5.56. The number of carbonyl (C=O) groups excluding carboxylic acids is 1. The molecule has 1 heterocycles. The average Bonchev–Trinajstić information content (AvgIpc) is 3.16. The number of hydrogen-bond acceptors (Lipinski definition) is 4. The predicted octanol–water partition coefficient (Wildman–Crippen LogP) is 5.14. The molecule has 1 aromatic heterocycles. The normalized spacial score (nSPS) is 10.8. The number of anilines is 1. The number of aromatic amines is 1. The van der Waals surface area contributed by atoms with Gasteiger partial charge in [-0.05, 0) is 53.3 Å². The first-order valence-electron chi connectivity index (χ1n) is 9.22. The first-order valence-corrected chi connectivity index (χ1v) is 10.4. The van der Waals surface area contributed by atoms with Crippen molar-refractivity contribution in [2.24, 2.45) is 0 Å². The fourth-order valence-corrected chi connectivity index (χ4v) is 3.89. The van der Waals surface area contributed by atoms with Crippen LogP contribution in [0.1, 0.15) is 5.56 Å². The van der Waals surface area contributed by atoms with E-state index in [-0.39, 0.29) is 12.3 Å². The Morgan fingerprint density at radius 1 is 1.10 bits per heavy atom. The number of ether oxygens (including phenoxy) is 1. The lowest BCUT2D eigenvalue weighted by Crippen LogP contribution is -2.14. The third kappa shape index (κ3) is 4.12. The molecule has 3 aromatic carbocycles. The monoisotopic (exact) mass is 403 g/mol. The number of carbonyl (C=O) groups is 1. The van der Waals surface area contributed by atoms with E-state index in [9.17, 15) is 4.79 Å². The summed E-state index contributed by atoms with van der Waals surface area (Å²) in [5.74, 6) is 1.20. The number of amides is 1. The molecule has 146 valence electrons. The summed E-state index contributed by atoms with van der Waals surface area (Å²) < 4.78 is 5.15. The van der Waals surface area contributed by atoms with E-state index < -0.39 is 0 Å². The lowest BCUT2D eigenvalue weighted by molar-refractivity contribution is -0.115. The van der Waals surface area contributed by atoms with Crippen molar-refractivity contribution in [2.75, 3.05) is 18.7 Å². The van der Waals surface area contributed by atoms with Gasteiger partial charge in [-0.25, -0.2) is 0 Å². The van der Waals surface area contributed by atoms with E-state index in [0.717, 1.165) is 27.8 Å². The molecule has 0 saturated heterocycles. The molecule has 0 fully saturated rings. The van der Waals surface area contributed by atoms with Crippen LogP contribution in [0, 0.1) is 0 Å². The molecule has 6 heteroatoms. The van der Waals surface area contributed by atoms with Crippen molar-refractivity contribution in [1.29, 1.82) is 0 Å². The van der Waals surface area contributed by atoms with Gasteiger partial charge in [-0.3, -0.25) is 9.89 Å². The predicted molar refractivity (Wildman–Crippen MR) is 119 cm³/mol. The van der Waals surface area contributed by atoms with Gasteiger partial charge in [0.25, 0.3) is 0 Å². The van der Waals surface area contributed by atoms with Crippen molar-refractivity contribution in [2.45, 2.75) is 11.3 Å². The van der Waals surface area contributed by atoms with Gasteiger partial charge in [0.15, 0.2) is 5.82 Å². The average molecular weight is 404 g/mol. The minimum atomic E-state index is -0.111. The van der Waals surface area contributed by atoms with Crippen LogP contribution in [0.4, 0.5) is 5.82 Å². The zero-order valence-corrected chi connectivity index (χ0v) is 17.0. The molecular formula is C23H21N3O2S. The Kier molecular flexibility index (Phi) is 5.53. The van der Waals surface area contributed by atoms with Crippen molar-refractivity contribution in [3.8, 4) is 16.9 Å². The largest absolute Gasteiger partial charge is 0.497 e. The number of nitrogens with one attached hydrogen (secondary N) is 2. The van der Waals surface area contributed by atoms with Crippen LogP contribution in [0.25, 0.3) is 22.0 Å². The van der Waals surface area contributed by atoms with Crippen LogP contribution < -0.4 is 10.1 Å². The van der Waals surface area contributed by atoms with Crippen LogP contribution in [0.3, 0.4) is 0 Å². The number of rotatable bonds is 6. The summed E-state index contributed by atoms with van der Waals surface area (Å²) in [4.78, 5) is 13.7. The van der Waals surface area contributed by atoms with Crippen molar-refractivity contribution < 1.29 is 9.53 Å². The summed E-state index contributed by atoms with van der Waals surface area (Å²) in [5, 5.41) is 11.1. The SMILES string of the molecule is COc1ccc(CC(=O)Nc2n[nH]c3cc(-c4ccccc4SC)ccc23)cc1. The number of fused-ring (bicyclic) bond motifs is 1. The molecule has 0 aliphatic carbocycles. The van der Waals surface area contributed by atoms with Crippen molar-refractivity contribution in [3.05, 3.63) is 72.3 Å². The molecular weight excluding hydrogens is 382 g/mol. The maximum absolute atomic E-state index is 12.5. The minimum Gasteiger partial charge on any atom is -0.497 e. The summed E-state index contributed by atoms with van der Waals surface area (Å²) in [6.07, 6.45) is 2.35. The van der Waals surface area contributed by atoms with E-state index in [1.165, 1.54) is 10.5 Å². The zero-order chi connectivity index (χ0) is 20.2. The van der Waals surface area contributed by atoms with E-state index >= 15 is 0 Å². The Morgan fingerprint density at radius 3 is 2.66 bits per heavy atom. The molecule has 4 aromatic rings. The number of aromatic nitrogens is 2. The van der Waals surface area contributed by atoms with Gasteiger partial charge in [0.2, 0.25) is 5.91 Å². The summed E-state index contributed by atoms with van der Waals surface area (Å²) >= 11 is 1.72. The molecule has 2 N–H and O–H groups in total. The lowest BCUT2D eigenvalue weighted by atomic mass is 10.0. The molecule has 0 saturated carbocycles. The number of nitrogens with zero attached hydrogens (tertiary/aromatic N) is 1. The smallest absolute Gasteiger partial charge is 0.230 e. The zero-order valence-electron chi connectivity index (χ0n) is 16.2. The van der Waals surface area contributed by atoms with E-state index in [0.29, 0.717) is 5.82 Å². The van der Waals surface area contributed by atoms with Crippen LogP contribution >= 0.6 is 11.8 Å². The Morgan fingerprint density at radius 2 is 1.90 bits per heavy atom. The molecule has 0 spiro atoms. The fourth-order valence-electron chi connectivity index (χ4n) is 3.27. The van der Waals surface area contributed by atoms with Crippen LogP contribution in [0.5, 0.6) is 5.75 Å². The number of thioether (sulfide) groups is 1. The summed E-state index contributed by atoms with van der Waals surface area (Å²) in [5.41, 5.74) is 4.10. The quantitative estimate of drug-likeness (QED) is 0.437. The summed E-state index contributed by atoms with van der Waals surface area (Å²) in [6.45, 7) is 0. The topological polar surface area (TPSA) is 67.0 Å². The molecule has 0 bridgehead atoms. The van der Waals surface area contributed by atoms with E-state index in [2.05, 4.69) is 46.0 Å². The molecule has 0 unspecified atom stereocenters. The third-order valence-electron chi connectivity index (χ3n) is 4.76. The molecule has 5 nitrogen and oxygen atoms in total. The van der Waals surface area contributed by atoms with Crippen LogP contribution in [-0.2, 0) is 11.2 Å². The fraction of sp³-hybridized carbons (Fsp3) is 0.130. The highest BCUT2D eigenvalue weighted by atomic mass is 32.2. The molecule has 0 aliphatic rings. The van der Waals surface area contributed by atoms with Gasteiger partial charge < -0.3 is 10.1 Å². The van der Waals surface area contributed by atoms with Crippen molar-refractivity contribution >= 4 is 34.4 Å². The van der Waals surface area contributed by atoms with Gasteiger partial charge in [0, 0.05) is 10.3 Å². The van der Waals surface area contributed by atoms with Gasteiger partial charge >= 0.3 is 0 Å². The highest BCUT2D eigenvalue weighted by Crippen LogP contribution is 2.32. The van der Waals surface area contributed by atoms with E-state index in [1.807, 2.05) is 42.5 Å². The maximum Gasteiger partial charge on any atom is 0.230 e. The standard InChI is InChI=1S/C23H21N3O2S/c1-28-17-10-7-15(8-11-17)13-22(27)24-23-19-12-9-16(14-20(19)25-26-23)18-5-3-4-6-21(18)29-2/h3-12,14H,13H2,1-2H3,(H2,24,25,26,27). The van der Waals surface area contributed by atoms with Crippen LogP contribution in [-0.4, -0.2) is 29.5 Å². The van der Waals surface area contributed by atoms with E-state index in [1.54, 1.807) is 18.9 Å². The minimum absolute atomic E-state index is 0.111. The molecule has 4 rings (SSSR count). The summed E-state index contributed by atoms with van der Waals surface area (Å²) in [7, 11) is 1.62. The van der Waals surface area contributed by atoms with Gasteiger partial charge in [-0.1, -0.05) is 36.4 Å². The Balaban J connectivity index is 1.53. The Bertz CT molecular complexity index is 1150. The van der Waals surface area contributed by atoms with Crippen LogP contribution in [0.2, 0.25) is 0 Å². The highest BCUT2D eigenvalue weighted by molar-refractivity contribution is 7.98. The Hall–Kier alpha value is -3.25. The second-order valence-electron chi connectivity index (χ2n) is 6.61. The first kappa shape index (κ1) is 19.1. The van der Waals surface area contributed by atoms with Gasteiger partial charge in [-0.15, -0.1) is 11.8 Å². The first-order chi connectivity index (χ1) is 14.2. The second kappa shape index (κ2) is 8.41. The summed E-state index contributed by atoms with van der Waals surface area (Å²) in [6, 6.07) is 21.9. The van der Waals surface area contributed by atoms with Gasteiger partial charge in [0.1, 0.15) is 5.75 Å². The Labute approximate surface area is 173 Å². The second-order valence-corrected chi connectivity index (χ2v) is 7.45. The number of methoxy groups -OCH3 is 1. The molecule has 1 amide bonds. The lowest BCUT2D eigenvalue weighted by Gasteiger charge is -2.08. The molecule has 0 atom stereocenters. The highest BCUT2D eigenvalue weighted by Gasteiger charge is 2.12. The maximum atomic E-state index is 12.5. The number of H-pyrrole nitrogens is 1.